The summed E-state index contributed by atoms with van der Waals surface area (Å²) in [6, 6.07) is 14.3. The Bertz CT molecular complexity index is 734. The molecule has 1 aliphatic rings. The molecule has 1 atom stereocenters. The number of likely N-dealkylation sites (N-methyl/N-ethyl adjacent to an activating group) is 1. The molecule has 5 nitrogen and oxygen atoms in total. The summed E-state index contributed by atoms with van der Waals surface area (Å²) in [5.41, 5.74) is 2.28. The quantitative estimate of drug-likeness (QED) is 0.853. The molecule has 0 bridgehead atoms. The Morgan fingerprint density at radius 2 is 2.00 bits per heavy atom. The molecule has 0 radical (unpaired) electrons. The van der Waals surface area contributed by atoms with Crippen LogP contribution in [0.5, 0.6) is 0 Å². The van der Waals surface area contributed by atoms with Gasteiger partial charge in [-0.3, -0.25) is 9.69 Å². The van der Waals surface area contributed by atoms with Gasteiger partial charge in [-0.05, 0) is 38.1 Å². The molecule has 144 valence electrons. The van der Waals surface area contributed by atoms with Gasteiger partial charge in [0.05, 0.1) is 6.04 Å². The number of likely N-dealkylation sites (tertiary alicyclic amines) is 1. The average molecular weight is 367 g/mol. The zero-order chi connectivity index (χ0) is 19.1. The number of benzene rings is 1. The van der Waals surface area contributed by atoms with Crippen LogP contribution in [0.3, 0.4) is 0 Å². The predicted molar refractivity (Wildman–Crippen MR) is 110 cm³/mol. The fourth-order valence-corrected chi connectivity index (χ4v) is 3.73. The van der Waals surface area contributed by atoms with Gasteiger partial charge in [0.25, 0.3) is 0 Å². The van der Waals surface area contributed by atoms with E-state index in [0.29, 0.717) is 6.54 Å². The first-order valence-corrected chi connectivity index (χ1v) is 9.82. The summed E-state index contributed by atoms with van der Waals surface area (Å²) in [6.07, 6.45) is 6.26. The van der Waals surface area contributed by atoms with Gasteiger partial charge >= 0.3 is 0 Å². The molecule has 1 aliphatic heterocycles. The van der Waals surface area contributed by atoms with E-state index in [1.165, 1.54) is 18.4 Å². The van der Waals surface area contributed by atoms with Crippen LogP contribution >= 0.6 is 0 Å². The third kappa shape index (κ3) is 5.30. The first kappa shape index (κ1) is 19.4. The maximum Gasteiger partial charge on any atom is 0.237 e. The van der Waals surface area contributed by atoms with Crippen LogP contribution in [0.4, 0.5) is 5.82 Å². The predicted octanol–water partition coefficient (Wildman–Crippen LogP) is 3.21. The molecule has 0 saturated carbocycles. The Kier molecular flexibility index (Phi) is 6.82. The van der Waals surface area contributed by atoms with Gasteiger partial charge in [0.1, 0.15) is 5.82 Å². The molecule has 1 aromatic heterocycles. The zero-order valence-electron chi connectivity index (χ0n) is 16.4. The van der Waals surface area contributed by atoms with Crippen molar-refractivity contribution in [1.29, 1.82) is 0 Å². The van der Waals surface area contributed by atoms with E-state index in [1.807, 2.05) is 37.4 Å². The maximum absolute atomic E-state index is 12.7. The lowest BCUT2D eigenvalue weighted by atomic mass is 10.1. The average Bonchev–Trinajstić information content (AvgIpc) is 2.91. The summed E-state index contributed by atoms with van der Waals surface area (Å²) in [7, 11) is 4.10. The van der Waals surface area contributed by atoms with Crippen LogP contribution in [-0.4, -0.2) is 42.5 Å². The minimum Gasteiger partial charge on any atom is -0.355 e. The summed E-state index contributed by atoms with van der Waals surface area (Å²) in [5, 5.41) is 3.14. The van der Waals surface area contributed by atoms with Crippen molar-refractivity contribution in [3.8, 4) is 0 Å². The number of nitrogens with one attached hydrogen (secondary N) is 1. The molecule has 0 aliphatic carbocycles. The Morgan fingerprint density at radius 1 is 1.19 bits per heavy atom. The number of rotatable bonds is 6. The van der Waals surface area contributed by atoms with Crippen LogP contribution in [0.1, 0.15) is 36.8 Å². The molecule has 0 spiro atoms. The molecular weight excluding hydrogens is 336 g/mol. The second kappa shape index (κ2) is 9.51. The standard InChI is InChI=1S/C22H30N4O/c1-25-15-8-4-7-13-20(25)22(27)24-16-19-12-9-14-23-21(19)26(2)17-18-10-5-3-6-11-18/h3,5-6,9-12,14,20H,4,7-8,13,15-17H2,1-2H3,(H,24,27). The summed E-state index contributed by atoms with van der Waals surface area (Å²) >= 11 is 0. The molecule has 2 aromatic rings. The number of carbonyl (C=O) groups excluding carboxylic acids is 1. The summed E-state index contributed by atoms with van der Waals surface area (Å²) in [5.74, 6) is 1.04. The molecule has 3 rings (SSSR count). The van der Waals surface area contributed by atoms with Gasteiger partial charge in [-0.15, -0.1) is 0 Å². The van der Waals surface area contributed by atoms with E-state index in [0.717, 1.165) is 37.3 Å². The molecule has 2 heterocycles. The van der Waals surface area contributed by atoms with Crippen molar-refractivity contribution < 1.29 is 4.79 Å². The van der Waals surface area contributed by atoms with Crippen molar-refractivity contribution in [3.63, 3.8) is 0 Å². The lowest BCUT2D eigenvalue weighted by Gasteiger charge is -2.25. The number of nitrogens with zero attached hydrogens (tertiary/aromatic N) is 3. The number of hydrogen-bond donors (Lipinski definition) is 1. The van der Waals surface area contributed by atoms with Gasteiger partial charge < -0.3 is 10.2 Å². The van der Waals surface area contributed by atoms with Crippen LogP contribution in [0.15, 0.2) is 48.7 Å². The van der Waals surface area contributed by atoms with Crippen molar-refractivity contribution in [2.75, 3.05) is 25.5 Å². The molecule has 1 aromatic carbocycles. The fourth-order valence-electron chi connectivity index (χ4n) is 3.73. The fraction of sp³-hybridized carbons (Fsp3) is 0.455. The second-order valence-corrected chi connectivity index (χ2v) is 7.39. The highest BCUT2D eigenvalue weighted by Gasteiger charge is 2.24. The molecule has 1 fully saturated rings. The van der Waals surface area contributed by atoms with Crippen LogP contribution in [0.2, 0.25) is 0 Å². The molecule has 1 saturated heterocycles. The molecule has 1 amide bonds. The van der Waals surface area contributed by atoms with Crippen LogP contribution in [-0.2, 0) is 17.9 Å². The van der Waals surface area contributed by atoms with E-state index in [-0.39, 0.29) is 11.9 Å². The highest BCUT2D eigenvalue weighted by atomic mass is 16.2. The number of aromatic nitrogens is 1. The highest BCUT2D eigenvalue weighted by molar-refractivity contribution is 5.81. The summed E-state index contributed by atoms with van der Waals surface area (Å²) < 4.78 is 0. The Morgan fingerprint density at radius 3 is 2.81 bits per heavy atom. The zero-order valence-corrected chi connectivity index (χ0v) is 16.4. The Balaban J connectivity index is 1.64. The van der Waals surface area contributed by atoms with Crippen LogP contribution < -0.4 is 10.2 Å². The molecule has 1 N–H and O–H groups in total. The lowest BCUT2D eigenvalue weighted by molar-refractivity contribution is -0.126. The van der Waals surface area contributed by atoms with E-state index in [2.05, 4.69) is 39.3 Å². The number of anilines is 1. The van der Waals surface area contributed by atoms with E-state index in [1.54, 1.807) is 6.20 Å². The maximum atomic E-state index is 12.7. The number of amides is 1. The first-order valence-electron chi connectivity index (χ1n) is 9.82. The largest absolute Gasteiger partial charge is 0.355 e. The number of pyridine rings is 1. The van der Waals surface area contributed by atoms with Crippen LogP contribution in [0, 0.1) is 0 Å². The highest BCUT2D eigenvalue weighted by Crippen LogP contribution is 2.19. The SMILES string of the molecule is CN(Cc1ccccc1)c1ncccc1CNC(=O)C1CCCCCN1C. The second-order valence-electron chi connectivity index (χ2n) is 7.39. The van der Waals surface area contributed by atoms with Gasteiger partial charge in [-0.2, -0.15) is 0 Å². The van der Waals surface area contributed by atoms with E-state index in [9.17, 15) is 4.79 Å². The van der Waals surface area contributed by atoms with Gasteiger partial charge in [0, 0.05) is 31.9 Å². The van der Waals surface area contributed by atoms with Gasteiger partial charge in [-0.25, -0.2) is 4.98 Å². The topological polar surface area (TPSA) is 48.5 Å². The minimum absolute atomic E-state index is 0.0188. The monoisotopic (exact) mass is 366 g/mol. The van der Waals surface area contributed by atoms with Crippen molar-refractivity contribution in [3.05, 3.63) is 59.8 Å². The van der Waals surface area contributed by atoms with Gasteiger partial charge in [0.15, 0.2) is 0 Å². The third-order valence-electron chi connectivity index (χ3n) is 5.27. The number of carbonyl (C=O) groups is 1. The first-order chi connectivity index (χ1) is 13.1. The van der Waals surface area contributed by atoms with E-state index < -0.39 is 0 Å². The van der Waals surface area contributed by atoms with Crippen LogP contribution in [0.25, 0.3) is 0 Å². The van der Waals surface area contributed by atoms with E-state index >= 15 is 0 Å². The van der Waals surface area contributed by atoms with Crippen molar-refractivity contribution in [1.82, 2.24) is 15.2 Å². The number of hydrogen-bond acceptors (Lipinski definition) is 4. The smallest absolute Gasteiger partial charge is 0.237 e. The normalized spacial score (nSPS) is 17.9. The molecular formula is C22H30N4O. The lowest BCUT2D eigenvalue weighted by Crippen LogP contribution is -2.44. The minimum atomic E-state index is -0.0188. The van der Waals surface area contributed by atoms with Crippen molar-refractivity contribution in [2.45, 2.75) is 44.8 Å². The van der Waals surface area contributed by atoms with Gasteiger partial charge in [-0.1, -0.05) is 49.2 Å². The Hall–Kier alpha value is -2.40. The van der Waals surface area contributed by atoms with Crippen molar-refractivity contribution in [2.24, 2.45) is 0 Å². The molecule has 1 unspecified atom stereocenters. The summed E-state index contributed by atoms with van der Waals surface area (Å²) in [4.78, 5) is 21.6. The summed E-state index contributed by atoms with van der Waals surface area (Å²) in [6.45, 7) is 2.28. The molecule has 27 heavy (non-hydrogen) atoms. The molecule has 5 heteroatoms. The third-order valence-corrected chi connectivity index (χ3v) is 5.27. The van der Waals surface area contributed by atoms with E-state index in [4.69, 9.17) is 0 Å². The van der Waals surface area contributed by atoms with Crippen molar-refractivity contribution >= 4 is 11.7 Å². The van der Waals surface area contributed by atoms with Gasteiger partial charge in [0.2, 0.25) is 5.91 Å². The Labute approximate surface area is 162 Å².